The number of pyridine rings is 1. The van der Waals surface area contributed by atoms with Crippen molar-refractivity contribution in [3.63, 3.8) is 0 Å². The molecule has 26 heavy (non-hydrogen) atoms. The van der Waals surface area contributed by atoms with E-state index in [0.29, 0.717) is 5.69 Å². The number of aryl methyl sites for hydroxylation is 1. The smallest absolute Gasteiger partial charge is 0.308 e. The highest BCUT2D eigenvalue weighted by atomic mass is 19.1. The van der Waals surface area contributed by atoms with Crippen molar-refractivity contribution in [1.82, 2.24) is 20.0 Å². The molecule has 3 aromatic rings. The van der Waals surface area contributed by atoms with Gasteiger partial charge in [-0.05, 0) is 37.1 Å². The quantitative estimate of drug-likeness (QED) is 0.705. The van der Waals surface area contributed by atoms with Gasteiger partial charge in [0, 0.05) is 11.8 Å². The van der Waals surface area contributed by atoms with Crippen LogP contribution in [0.15, 0.2) is 48.9 Å². The van der Waals surface area contributed by atoms with Gasteiger partial charge in [0.15, 0.2) is 0 Å². The summed E-state index contributed by atoms with van der Waals surface area (Å²) in [5.41, 5.74) is 2.68. The van der Waals surface area contributed by atoms with Crippen molar-refractivity contribution in [3.05, 3.63) is 60.4 Å². The van der Waals surface area contributed by atoms with Gasteiger partial charge in [0.2, 0.25) is 0 Å². The zero-order chi connectivity index (χ0) is 18.4. The molecule has 134 valence electrons. The fraction of sp³-hybridized carbons (Fsp3) is 0.222. The van der Waals surface area contributed by atoms with Gasteiger partial charge >= 0.3 is 6.03 Å². The number of nitrogens with one attached hydrogen (secondary N) is 2. The molecule has 7 nitrogen and oxygen atoms in total. The predicted molar refractivity (Wildman–Crippen MR) is 96.8 cm³/mol. The Balaban J connectivity index is 1.60. The molecule has 0 radical (unpaired) electrons. The monoisotopic (exact) mass is 354 g/mol. The number of nitrogens with zero attached hydrogens (tertiary/aromatic N) is 4. The van der Waals surface area contributed by atoms with E-state index in [9.17, 15) is 9.18 Å². The van der Waals surface area contributed by atoms with E-state index < -0.39 is 11.8 Å². The number of rotatable bonds is 6. The third kappa shape index (κ3) is 4.62. The number of halogens is 1. The number of urea groups is 1. The number of carbonyl (C=O) groups excluding carboxylic acids is 1. The van der Waals surface area contributed by atoms with Crippen LogP contribution in [0.2, 0.25) is 0 Å². The molecule has 0 unspecified atom stereocenters. The Morgan fingerprint density at radius 1 is 1.15 bits per heavy atom. The first kappa shape index (κ1) is 17.5. The van der Waals surface area contributed by atoms with Crippen molar-refractivity contribution in [3.8, 4) is 5.69 Å². The topological polar surface area (TPSA) is 84.7 Å². The molecule has 0 aliphatic heterocycles. The highest BCUT2D eigenvalue weighted by Crippen LogP contribution is 2.14. The molecule has 0 spiro atoms. The minimum absolute atomic E-state index is 0.279. The van der Waals surface area contributed by atoms with Gasteiger partial charge in [0.25, 0.3) is 0 Å². The van der Waals surface area contributed by atoms with Gasteiger partial charge in [-0.3, -0.25) is 4.98 Å². The van der Waals surface area contributed by atoms with Crippen LogP contribution in [0.5, 0.6) is 0 Å². The number of hydrogen-bond acceptors (Lipinski definition) is 4. The van der Waals surface area contributed by atoms with E-state index in [1.807, 2.05) is 18.3 Å². The lowest BCUT2D eigenvalue weighted by Crippen LogP contribution is -2.19. The third-order valence-corrected chi connectivity index (χ3v) is 3.68. The number of unbranched alkanes of at least 4 members (excludes halogenated alkanes) is 1. The second kappa shape index (κ2) is 8.19. The van der Waals surface area contributed by atoms with Gasteiger partial charge in [0.05, 0.1) is 35.7 Å². The van der Waals surface area contributed by atoms with E-state index in [-0.39, 0.29) is 5.69 Å². The van der Waals surface area contributed by atoms with Crippen LogP contribution < -0.4 is 10.6 Å². The Morgan fingerprint density at radius 3 is 2.65 bits per heavy atom. The molecule has 2 amide bonds. The van der Waals surface area contributed by atoms with Crippen molar-refractivity contribution in [2.24, 2.45) is 0 Å². The van der Waals surface area contributed by atoms with Crippen molar-refractivity contribution in [2.45, 2.75) is 26.2 Å². The maximum absolute atomic E-state index is 13.1. The van der Waals surface area contributed by atoms with Crippen LogP contribution >= 0.6 is 0 Å². The van der Waals surface area contributed by atoms with E-state index in [1.165, 1.54) is 12.3 Å². The Morgan fingerprint density at radius 2 is 1.92 bits per heavy atom. The molecule has 2 N–H and O–H groups in total. The Kier molecular flexibility index (Phi) is 5.52. The van der Waals surface area contributed by atoms with Crippen LogP contribution in [0.1, 0.15) is 25.5 Å². The van der Waals surface area contributed by atoms with Gasteiger partial charge in [-0.15, -0.1) is 5.10 Å². The molecule has 0 saturated carbocycles. The normalized spacial score (nSPS) is 10.5. The number of amides is 2. The van der Waals surface area contributed by atoms with Crippen LogP contribution in [-0.4, -0.2) is 26.0 Å². The minimum Gasteiger partial charge on any atom is -0.308 e. The molecule has 8 heteroatoms. The van der Waals surface area contributed by atoms with Crippen LogP contribution in [0.25, 0.3) is 5.69 Å². The molecule has 1 aromatic carbocycles. The third-order valence-electron chi connectivity index (χ3n) is 3.68. The number of anilines is 2. The van der Waals surface area contributed by atoms with Gasteiger partial charge in [-0.2, -0.15) is 0 Å². The molecule has 0 atom stereocenters. The average Bonchev–Trinajstić information content (AvgIpc) is 3.09. The highest BCUT2D eigenvalue weighted by Gasteiger charge is 2.06. The fourth-order valence-electron chi connectivity index (χ4n) is 2.37. The standard InChI is InChI=1S/C18H19FN6O/c1-2-3-4-15-12-25(24-23-15)17-7-5-14(6-8-17)21-18(26)22-16-9-13(19)10-20-11-16/h5-12H,2-4H2,1H3,(H2,21,22,26). The number of aromatic nitrogens is 4. The second-order valence-corrected chi connectivity index (χ2v) is 5.78. The molecule has 2 heterocycles. The molecule has 0 aliphatic carbocycles. The Bertz CT molecular complexity index is 877. The summed E-state index contributed by atoms with van der Waals surface area (Å²) in [6, 6.07) is 7.89. The first-order chi connectivity index (χ1) is 12.6. The fourth-order valence-corrected chi connectivity index (χ4v) is 2.37. The van der Waals surface area contributed by atoms with Crippen LogP contribution in [0.3, 0.4) is 0 Å². The minimum atomic E-state index is -0.515. The Hall–Kier alpha value is -3.29. The highest BCUT2D eigenvalue weighted by molar-refractivity contribution is 5.99. The summed E-state index contributed by atoms with van der Waals surface area (Å²) < 4.78 is 14.8. The van der Waals surface area contributed by atoms with Gasteiger partial charge in [-0.25, -0.2) is 13.9 Å². The van der Waals surface area contributed by atoms with E-state index in [2.05, 4.69) is 32.9 Å². The van der Waals surface area contributed by atoms with Crippen LogP contribution in [0.4, 0.5) is 20.6 Å². The zero-order valence-electron chi connectivity index (χ0n) is 14.3. The van der Waals surface area contributed by atoms with Crippen molar-refractivity contribution >= 4 is 17.4 Å². The molecule has 3 rings (SSSR count). The Labute approximate surface area is 150 Å². The summed E-state index contributed by atoms with van der Waals surface area (Å²) in [6.45, 7) is 2.14. The van der Waals surface area contributed by atoms with Gasteiger partial charge in [-0.1, -0.05) is 18.6 Å². The van der Waals surface area contributed by atoms with Crippen LogP contribution in [0, 0.1) is 5.82 Å². The summed E-state index contributed by atoms with van der Waals surface area (Å²) in [6.07, 6.45) is 7.44. The number of carbonyl (C=O) groups is 1. The number of benzene rings is 1. The molecule has 0 aliphatic rings. The van der Waals surface area contributed by atoms with Gasteiger partial charge in [0.1, 0.15) is 5.82 Å². The molecular formula is C18H19FN6O. The summed E-state index contributed by atoms with van der Waals surface area (Å²) in [7, 11) is 0. The van der Waals surface area contributed by atoms with E-state index in [1.54, 1.807) is 16.8 Å². The van der Waals surface area contributed by atoms with Crippen molar-refractivity contribution < 1.29 is 9.18 Å². The predicted octanol–water partition coefficient (Wildman–Crippen LogP) is 3.79. The molecule has 0 saturated heterocycles. The maximum atomic E-state index is 13.1. The second-order valence-electron chi connectivity index (χ2n) is 5.78. The molecular weight excluding hydrogens is 335 g/mol. The summed E-state index contributed by atoms with van der Waals surface area (Å²) in [5.74, 6) is -0.515. The average molecular weight is 354 g/mol. The zero-order valence-corrected chi connectivity index (χ0v) is 14.3. The van der Waals surface area contributed by atoms with E-state index in [0.717, 1.165) is 36.8 Å². The summed E-state index contributed by atoms with van der Waals surface area (Å²) >= 11 is 0. The lowest BCUT2D eigenvalue weighted by atomic mass is 10.2. The van der Waals surface area contributed by atoms with Gasteiger partial charge < -0.3 is 10.6 Å². The van der Waals surface area contributed by atoms with E-state index >= 15 is 0 Å². The SMILES string of the molecule is CCCCc1cn(-c2ccc(NC(=O)Nc3cncc(F)c3)cc2)nn1. The molecule has 2 aromatic heterocycles. The largest absolute Gasteiger partial charge is 0.323 e. The summed E-state index contributed by atoms with van der Waals surface area (Å²) in [4.78, 5) is 15.6. The van der Waals surface area contributed by atoms with Crippen LogP contribution in [-0.2, 0) is 6.42 Å². The first-order valence-electron chi connectivity index (χ1n) is 8.34. The van der Waals surface area contributed by atoms with E-state index in [4.69, 9.17) is 0 Å². The summed E-state index contributed by atoms with van der Waals surface area (Å²) in [5, 5.41) is 13.5. The lowest BCUT2D eigenvalue weighted by Gasteiger charge is -2.08. The van der Waals surface area contributed by atoms with Crippen molar-refractivity contribution in [1.29, 1.82) is 0 Å². The molecule has 0 bridgehead atoms. The lowest BCUT2D eigenvalue weighted by molar-refractivity contribution is 0.262. The number of hydrogen-bond donors (Lipinski definition) is 2. The first-order valence-corrected chi connectivity index (χ1v) is 8.34. The van der Waals surface area contributed by atoms with Crippen molar-refractivity contribution in [2.75, 3.05) is 10.6 Å². The maximum Gasteiger partial charge on any atom is 0.323 e. The molecule has 0 fully saturated rings.